The monoisotopic (exact) mass is 578 g/mol. The molecule has 2 aromatic rings. The Hall–Kier alpha value is -3.47. The fourth-order valence-corrected chi connectivity index (χ4v) is 4.21. The molecule has 17 heteroatoms. The van der Waals surface area contributed by atoms with Gasteiger partial charge in [0.05, 0.1) is 21.2 Å². The van der Waals surface area contributed by atoms with Crippen LogP contribution in [0, 0.1) is 0 Å². The van der Waals surface area contributed by atoms with Crippen molar-refractivity contribution in [3.8, 4) is 0 Å². The molecule has 0 saturated carbocycles. The second-order valence-corrected chi connectivity index (χ2v) is 10.6. The number of nitrogens with one attached hydrogen (secondary N) is 2. The van der Waals surface area contributed by atoms with Gasteiger partial charge in [-0.1, -0.05) is 11.6 Å². The number of hydroxylamine groups is 1. The summed E-state index contributed by atoms with van der Waals surface area (Å²) >= 11 is 5.77. The number of carbonyl (C=O) groups is 3. The van der Waals surface area contributed by atoms with Crippen LogP contribution in [0.15, 0.2) is 41.4 Å². The van der Waals surface area contributed by atoms with E-state index in [1.807, 2.05) is 0 Å². The summed E-state index contributed by atoms with van der Waals surface area (Å²) in [5.41, 5.74) is -0.846. The molecule has 206 valence electrons. The number of benzene rings is 1. The first kappa shape index (κ1) is 29.1. The maximum Gasteiger partial charge on any atom is 0.493 e. The second-order valence-electron chi connectivity index (χ2n) is 7.97. The zero-order valence-electron chi connectivity index (χ0n) is 20.0. The summed E-state index contributed by atoms with van der Waals surface area (Å²) in [6.07, 6.45) is -4.50. The third kappa shape index (κ3) is 6.69. The maximum absolute atomic E-state index is 13.5. The fourth-order valence-electron chi connectivity index (χ4n) is 3.17. The summed E-state index contributed by atoms with van der Waals surface area (Å²) in [4.78, 5) is 47.0. The van der Waals surface area contributed by atoms with Crippen molar-refractivity contribution in [2.75, 3.05) is 50.7 Å². The van der Waals surface area contributed by atoms with E-state index in [1.165, 1.54) is 25.1 Å². The Morgan fingerprint density at radius 1 is 1.13 bits per heavy atom. The molecule has 1 aromatic carbocycles. The minimum atomic E-state index is -5.49. The Labute approximate surface area is 220 Å². The van der Waals surface area contributed by atoms with Gasteiger partial charge in [-0.3, -0.25) is 4.79 Å². The summed E-state index contributed by atoms with van der Waals surface area (Å²) in [5, 5.41) is 5.52. The molecule has 2 heterocycles. The Morgan fingerprint density at radius 2 is 1.79 bits per heavy atom. The molecular weight excluding hydrogens is 557 g/mol. The molecule has 1 fully saturated rings. The molecule has 0 aliphatic carbocycles. The Morgan fingerprint density at radius 3 is 2.34 bits per heavy atom. The summed E-state index contributed by atoms with van der Waals surface area (Å²) in [6, 6.07) is 4.58. The number of aromatic nitrogens is 1. The third-order valence-corrected chi connectivity index (χ3v) is 7.19. The molecule has 38 heavy (non-hydrogen) atoms. The average Bonchev–Trinajstić information content (AvgIpc) is 2.87. The SMILES string of the molecule is CN(C)S(=O)(=O)c1ccc(NC(=O)N2CCNCC2)c(C(=O)N(OC(=O)C(F)(F)F)c2ccc(Cl)cn2)c1. The van der Waals surface area contributed by atoms with Crippen molar-refractivity contribution in [2.45, 2.75) is 11.1 Å². The third-order valence-electron chi connectivity index (χ3n) is 5.16. The van der Waals surface area contributed by atoms with Crippen LogP contribution in [-0.2, 0) is 19.7 Å². The van der Waals surface area contributed by atoms with Crippen LogP contribution in [0.4, 0.5) is 29.5 Å². The van der Waals surface area contributed by atoms with E-state index >= 15 is 0 Å². The number of carbonyl (C=O) groups excluding carboxylic acids is 3. The van der Waals surface area contributed by atoms with E-state index in [0.717, 1.165) is 34.8 Å². The van der Waals surface area contributed by atoms with Crippen molar-refractivity contribution in [3.05, 3.63) is 47.1 Å². The molecule has 1 saturated heterocycles. The van der Waals surface area contributed by atoms with Gasteiger partial charge in [0.2, 0.25) is 10.0 Å². The summed E-state index contributed by atoms with van der Waals surface area (Å²) in [5.74, 6) is -4.74. The molecular formula is C21H22ClF3N6O6S. The first-order valence-electron chi connectivity index (χ1n) is 10.8. The lowest BCUT2D eigenvalue weighted by Crippen LogP contribution is -2.48. The number of sulfonamides is 1. The van der Waals surface area contributed by atoms with E-state index < -0.39 is 50.4 Å². The van der Waals surface area contributed by atoms with E-state index in [2.05, 4.69) is 20.5 Å². The number of urea groups is 1. The topological polar surface area (TPSA) is 141 Å². The number of anilines is 2. The first-order valence-corrected chi connectivity index (χ1v) is 12.6. The van der Waals surface area contributed by atoms with Crippen LogP contribution in [0.3, 0.4) is 0 Å². The summed E-state index contributed by atoms with van der Waals surface area (Å²) in [7, 11) is -1.67. The van der Waals surface area contributed by atoms with Crippen molar-refractivity contribution in [2.24, 2.45) is 0 Å². The largest absolute Gasteiger partial charge is 0.493 e. The van der Waals surface area contributed by atoms with E-state index in [-0.39, 0.29) is 15.8 Å². The number of alkyl halides is 3. The van der Waals surface area contributed by atoms with Crippen molar-refractivity contribution in [1.29, 1.82) is 0 Å². The Balaban J connectivity index is 2.11. The maximum atomic E-state index is 13.5. The molecule has 0 bridgehead atoms. The Bertz CT molecular complexity index is 1320. The highest BCUT2D eigenvalue weighted by Gasteiger charge is 2.44. The number of rotatable bonds is 5. The van der Waals surface area contributed by atoms with Gasteiger partial charge in [-0.15, -0.1) is 5.06 Å². The average molecular weight is 579 g/mol. The lowest BCUT2D eigenvalue weighted by Gasteiger charge is -2.28. The minimum Gasteiger partial charge on any atom is -0.323 e. The van der Waals surface area contributed by atoms with Gasteiger partial charge in [-0.05, 0) is 30.3 Å². The summed E-state index contributed by atoms with van der Waals surface area (Å²) in [6.45, 7) is 1.66. The normalized spacial score (nSPS) is 14.2. The van der Waals surface area contributed by atoms with E-state index in [9.17, 15) is 36.0 Å². The first-order chi connectivity index (χ1) is 17.7. The van der Waals surface area contributed by atoms with Crippen LogP contribution >= 0.6 is 11.6 Å². The molecule has 0 spiro atoms. The molecule has 0 unspecified atom stereocenters. The standard InChI is InChI=1S/C21H22ClF3N6O6S/c1-29(2)38(35,36)14-4-5-16(28-20(34)30-9-7-26-8-10-30)15(11-14)18(32)31(37-19(33)21(23,24)25)17-6-3-13(22)12-27-17/h3-6,11-12,26H,7-10H2,1-2H3,(H,28,34). The van der Waals surface area contributed by atoms with Crippen LogP contribution in [0.5, 0.6) is 0 Å². The van der Waals surface area contributed by atoms with Crippen molar-refractivity contribution >= 4 is 51.0 Å². The molecule has 3 rings (SSSR count). The number of hydrogen-bond donors (Lipinski definition) is 2. The van der Waals surface area contributed by atoms with Crippen molar-refractivity contribution < 1.29 is 40.8 Å². The van der Waals surface area contributed by atoms with Crippen LogP contribution < -0.4 is 15.7 Å². The van der Waals surface area contributed by atoms with Gasteiger partial charge in [-0.2, -0.15) is 13.2 Å². The number of nitrogens with zero attached hydrogens (tertiary/aromatic N) is 4. The van der Waals surface area contributed by atoms with E-state index in [1.54, 1.807) is 0 Å². The van der Waals surface area contributed by atoms with Crippen molar-refractivity contribution in [3.63, 3.8) is 0 Å². The molecule has 0 atom stereocenters. The quantitative estimate of drug-likeness (QED) is 0.514. The predicted octanol–water partition coefficient (Wildman–Crippen LogP) is 2.09. The van der Waals surface area contributed by atoms with Crippen LogP contribution in [0.2, 0.25) is 5.02 Å². The van der Waals surface area contributed by atoms with Gasteiger partial charge in [0.1, 0.15) is 0 Å². The van der Waals surface area contributed by atoms with Crippen LogP contribution in [-0.4, -0.2) is 87.0 Å². The summed E-state index contributed by atoms with van der Waals surface area (Å²) < 4.78 is 65.3. The zero-order chi connectivity index (χ0) is 28.3. The zero-order valence-corrected chi connectivity index (χ0v) is 21.5. The number of halogens is 4. The van der Waals surface area contributed by atoms with Gasteiger partial charge in [0, 0.05) is 46.5 Å². The van der Waals surface area contributed by atoms with Crippen LogP contribution in [0.1, 0.15) is 10.4 Å². The van der Waals surface area contributed by atoms with E-state index in [4.69, 9.17) is 11.6 Å². The van der Waals surface area contributed by atoms with Crippen molar-refractivity contribution in [1.82, 2.24) is 19.5 Å². The number of hydrogen-bond acceptors (Lipinski definition) is 8. The molecule has 1 aliphatic rings. The Kier molecular flexibility index (Phi) is 8.81. The van der Waals surface area contributed by atoms with Gasteiger partial charge in [0.15, 0.2) is 5.82 Å². The number of pyridine rings is 1. The van der Waals surface area contributed by atoms with Gasteiger partial charge in [-0.25, -0.2) is 27.3 Å². The second kappa shape index (κ2) is 11.5. The minimum absolute atomic E-state index is 0.0614. The molecule has 0 radical (unpaired) electrons. The number of amides is 3. The molecule has 1 aromatic heterocycles. The molecule has 12 nitrogen and oxygen atoms in total. The smallest absolute Gasteiger partial charge is 0.323 e. The van der Waals surface area contributed by atoms with E-state index in [0.29, 0.717) is 26.2 Å². The fraction of sp³-hybridized carbons (Fsp3) is 0.333. The van der Waals surface area contributed by atoms with Gasteiger partial charge < -0.3 is 20.4 Å². The predicted molar refractivity (Wildman–Crippen MR) is 129 cm³/mol. The number of piperazine rings is 1. The van der Waals surface area contributed by atoms with Gasteiger partial charge >= 0.3 is 18.2 Å². The van der Waals surface area contributed by atoms with Gasteiger partial charge in [0.25, 0.3) is 5.91 Å². The molecule has 1 aliphatic heterocycles. The lowest BCUT2D eigenvalue weighted by molar-refractivity contribution is -0.200. The molecule has 2 N–H and O–H groups in total. The lowest BCUT2D eigenvalue weighted by atomic mass is 10.1. The molecule has 3 amide bonds. The highest BCUT2D eigenvalue weighted by molar-refractivity contribution is 7.89. The van der Waals surface area contributed by atoms with Crippen LogP contribution in [0.25, 0.3) is 0 Å². The highest BCUT2D eigenvalue weighted by atomic mass is 35.5. The highest BCUT2D eigenvalue weighted by Crippen LogP contribution is 2.28.